The van der Waals surface area contributed by atoms with Crippen LogP contribution in [-0.4, -0.2) is 30.4 Å². The largest absolute Gasteiger partial charge is 0.508 e. The highest BCUT2D eigenvalue weighted by molar-refractivity contribution is 7.53. The van der Waals surface area contributed by atoms with Gasteiger partial charge in [-0.1, -0.05) is 39.0 Å². The molecule has 6 nitrogen and oxygen atoms in total. The summed E-state index contributed by atoms with van der Waals surface area (Å²) in [6, 6.07) is 9.77. The van der Waals surface area contributed by atoms with Crippen molar-refractivity contribution in [3.05, 3.63) is 70.4 Å². The van der Waals surface area contributed by atoms with Gasteiger partial charge in [0.15, 0.2) is 6.35 Å². The molecule has 4 rings (SSSR count). The number of allylic oxidation sites excluding steroid dienone is 1. The lowest BCUT2D eigenvalue weighted by Crippen LogP contribution is -2.39. The number of benzene rings is 2. The summed E-state index contributed by atoms with van der Waals surface area (Å²) in [4.78, 5) is 4.26. The molecule has 0 bridgehead atoms. The Kier molecular flexibility index (Phi) is 7.56. The minimum atomic E-state index is -3.39. The van der Waals surface area contributed by atoms with Gasteiger partial charge in [0, 0.05) is 17.8 Å². The first-order valence-electron chi connectivity index (χ1n) is 12.2. The zero-order valence-electron chi connectivity index (χ0n) is 21.3. The van der Waals surface area contributed by atoms with E-state index in [0.29, 0.717) is 24.5 Å². The number of phenolic OH excluding ortho intramolecular Hbond substituents is 1. The molecule has 0 aliphatic carbocycles. The van der Waals surface area contributed by atoms with Crippen molar-refractivity contribution in [1.29, 1.82) is 0 Å². The molecule has 0 radical (unpaired) electrons. The number of aliphatic imine (C=N–C) groups is 1. The Hall–Kier alpha value is -2.40. The quantitative estimate of drug-likeness (QED) is 0.415. The molecule has 0 unspecified atom stereocenters. The SMILES string of the molecule is Cc1cc(OC[P@@]2(=O)OCC[C@@H]([C@@]3(C)C=NC=CC3)O2)cc(C)c1Cc1ccc(O)c(C(C)C)c1. The smallest absolute Gasteiger partial charge is 0.368 e. The van der Waals surface area contributed by atoms with Crippen molar-refractivity contribution in [2.75, 3.05) is 13.0 Å². The average molecular weight is 498 g/mol. The summed E-state index contributed by atoms with van der Waals surface area (Å²) in [6.45, 7) is 10.7. The molecule has 1 fully saturated rings. The van der Waals surface area contributed by atoms with E-state index in [9.17, 15) is 9.67 Å². The molecule has 3 atom stereocenters. The first kappa shape index (κ1) is 25.7. The van der Waals surface area contributed by atoms with E-state index in [1.54, 1.807) is 12.3 Å². The molecular weight excluding hydrogens is 461 g/mol. The van der Waals surface area contributed by atoms with Gasteiger partial charge < -0.3 is 18.9 Å². The minimum Gasteiger partial charge on any atom is -0.508 e. The first-order chi connectivity index (χ1) is 16.6. The van der Waals surface area contributed by atoms with Crippen molar-refractivity contribution in [2.24, 2.45) is 10.4 Å². The summed E-state index contributed by atoms with van der Waals surface area (Å²) < 4.78 is 30.9. The zero-order chi connectivity index (χ0) is 25.2. The fourth-order valence-corrected chi connectivity index (χ4v) is 6.41. The van der Waals surface area contributed by atoms with Crippen LogP contribution < -0.4 is 4.74 Å². The van der Waals surface area contributed by atoms with Crippen LogP contribution in [0.15, 0.2) is 47.6 Å². The van der Waals surface area contributed by atoms with Crippen molar-refractivity contribution in [1.82, 2.24) is 0 Å². The van der Waals surface area contributed by atoms with Gasteiger partial charge in [0.25, 0.3) is 0 Å². The summed E-state index contributed by atoms with van der Waals surface area (Å²) in [5.74, 6) is 1.24. The maximum absolute atomic E-state index is 13.3. The highest BCUT2D eigenvalue weighted by Crippen LogP contribution is 2.55. The van der Waals surface area contributed by atoms with E-state index >= 15 is 0 Å². The van der Waals surface area contributed by atoms with Gasteiger partial charge >= 0.3 is 7.60 Å². The van der Waals surface area contributed by atoms with Gasteiger partial charge in [-0.15, -0.1) is 0 Å². The topological polar surface area (TPSA) is 77.4 Å². The zero-order valence-corrected chi connectivity index (χ0v) is 22.2. The molecule has 2 aliphatic heterocycles. The second-order valence-electron chi connectivity index (χ2n) is 10.2. The van der Waals surface area contributed by atoms with Gasteiger partial charge in [-0.3, -0.25) is 9.56 Å². The Morgan fingerprint density at radius 1 is 1.23 bits per heavy atom. The third-order valence-electron chi connectivity index (χ3n) is 6.96. The summed E-state index contributed by atoms with van der Waals surface area (Å²) >= 11 is 0. The first-order valence-corrected chi connectivity index (χ1v) is 14.0. The average Bonchev–Trinajstić information content (AvgIpc) is 2.81. The fourth-order valence-electron chi connectivity index (χ4n) is 4.79. The monoisotopic (exact) mass is 497 g/mol. The number of ether oxygens (including phenoxy) is 1. The maximum Gasteiger partial charge on any atom is 0.368 e. The van der Waals surface area contributed by atoms with Crippen LogP contribution >= 0.6 is 7.60 Å². The van der Waals surface area contributed by atoms with Crippen LogP contribution in [0.25, 0.3) is 0 Å². The number of hydrogen-bond donors (Lipinski definition) is 1. The predicted molar refractivity (Wildman–Crippen MR) is 140 cm³/mol. The molecular formula is C28H36NO5P. The van der Waals surface area contributed by atoms with Gasteiger partial charge in [-0.25, -0.2) is 0 Å². The second kappa shape index (κ2) is 10.3. The van der Waals surface area contributed by atoms with Crippen molar-refractivity contribution >= 4 is 13.8 Å². The number of aromatic hydroxyl groups is 1. The molecule has 2 aliphatic rings. The Labute approximate surface area is 208 Å². The van der Waals surface area contributed by atoms with E-state index in [4.69, 9.17) is 13.8 Å². The molecule has 2 aromatic rings. The fraction of sp³-hybridized carbons (Fsp3) is 0.464. The second-order valence-corrected chi connectivity index (χ2v) is 12.2. The number of aryl methyl sites for hydroxylation is 2. The van der Waals surface area contributed by atoms with Gasteiger partial charge in [0.2, 0.25) is 0 Å². The molecule has 1 saturated heterocycles. The number of hydrogen-bond acceptors (Lipinski definition) is 6. The number of rotatable bonds is 7. The molecule has 0 spiro atoms. The Balaban J connectivity index is 1.44. The molecule has 35 heavy (non-hydrogen) atoms. The number of phenols is 1. The summed E-state index contributed by atoms with van der Waals surface area (Å²) in [6.07, 6.45) is 7.55. The Morgan fingerprint density at radius 2 is 1.97 bits per heavy atom. The van der Waals surface area contributed by atoms with Gasteiger partial charge in [-0.05, 0) is 85.0 Å². The van der Waals surface area contributed by atoms with E-state index in [0.717, 1.165) is 35.1 Å². The highest BCUT2D eigenvalue weighted by atomic mass is 31.2. The van der Waals surface area contributed by atoms with Crippen LogP contribution in [0, 0.1) is 19.3 Å². The van der Waals surface area contributed by atoms with E-state index in [2.05, 4.69) is 45.7 Å². The Morgan fingerprint density at radius 3 is 2.63 bits per heavy atom. The predicted octanol–water partition coefficient (Wildman–Crippen LogP) is 7.05. The standard InChI is InChI=1S/C28H36NO5P/c1-19(2)24-15-22(7-8-26(24)30)16-25-20(3)13-23(14-21(25)4)32-18-35(31)33-12-9-27(34-35)28(5)10-6-11-29-17-28/h6-8,11,13-15,17,19,27,30H,9-10,12,16,18H2,1-5H3/t27-,28+,35+/m0/s1. The molecule has 0 saturated carbocycles. The van der Waals surface area contributed by atoms with Crippen LogP contribution in [0.1, 0.15) is 67.3 Å². The van der Waals surface area contributed by atoms with E-state index in [1.807, 2.05) is 30.5 Å². The van der Waals surface area contributed by atoms with Crippen LogP contribution in [0.3, 0.4) is 0 Å². The highest BCUT2D eigenvalue weighted by Gasteiger charge is 2.43. The summed E-state index contributed by atoms with van der Waals surface area (Å²) in [5, 5.41) is 10.1. The lowest BCUT2D eigenvalue weighted by molar-refractivity contribution is 0.0244. The van der Waals surface area contributed by atoms with Crippen molar-refractivity contribution in [3.8, 4) is 11.5 Å². The minimum absolute atomic E-state index is 0.125. The third kappa shape index (κ3) is 5.88. The Bertz CT molecular complexity index is 1160. The normalized spacial score (nSPS) is 26.3. The van der Waals surface area contributed by atoms with E-state index in [-0.39, 0.29) is 23.8 Å². The molecule has 188 valence electrons. The molecule has 2 aromatic carbocycles. The molecule has 7 heteroatoms. The van der Waals surface area contributed by atoms with Gasteiger partial charge in [0.05, 0.1) is 12.7 Å². The maximum atomic E-state index is 13.3. The third-order valence-corrected chi connectivity index (χ3v) is 8.56. The van der Waals surface area contributed by atoms with Crippen LogP contribution in [0.4, 0.5) is 0 Å². The molecule has 0 aromatic heterocycles. The van der Waals surface area contributed by atoms with Gasteiger partial charge in [-0.2, -0.15) is 0 Å². The van der Waals surface area contributed by atoms with Crippen LogP contribution in [-0.2, 0) is 20.0 Å². The summed E-state index contributed by atoms with van der Waals surface area (Å²) in [5.41, 5.74) is 5.22. The molecule has 2 heterocycles. The van der Waals surface area contributed by atoms with Gasteiger partial charge in [0.1, 0.15) is 11.5 Å². The van der Waals surface area contributed by atoms with E-state index in [1.165, 1.54) is 5.56 Å². The van der Waals surface area contributed by atoms with E-state index < -0.39 is 7.60 Å². The molecule has 0 amide bonds. The number of nitrogens with zero attached hydrogens (tertiary/aromatic N) is 1. The van der Waals surface area contributed by atoms with Crippen molar-refractivity contribution in [2.45, 2.75) is 65.9 Å². The van der Waals surface area contributed by atoms with Crippen LogP contribution in [0.5, 0.6) is 11.5 Å². The molecule has 1 N–H and O–H groups in total. The lowest BCUT2D eigenvalue weighted by Gasteiger charge is -2.39. The summed E-state index contributed by atoms with van der Waals surface area (Å²) in [7, 11) is -3.39. The lowest BCUT2D eigenvalue weighted by atomic mass is 9.80. The van der Waals surface area contributed by atoms with Crippen molar-refractivity contribution in [3.63, 3.8) is 0 Å². The van der Waals surface area contributed by atoms with Crippen LogP contribution in [0.2, 0.25) is 0 Å². The van der Waals surface area contributed by atoms with Crippen molar-refractivity contribution < 1.29 is 23.5 Å².